The molecule has 0 saturated carbocycles. The molecule has 0 aromatic heterocycles. The van der Waals surface area contributed by atoms with Crippen LogP contribution in [0.3, 0.4) is 0 Å². The van der Waals surface area contributed by atoms with Crippen molar-refractivity contribution in [2.24, 2.45) is 0 Å². The van der Waals surface area contributed by atoms with E-state index >= 15 is 0 Å². The number of rotatable bonds is 4. The molecule has 4 nitrogen and oxygen atoms in total. The second kappa shape index (κ2) is 7.09. The second-order valence-electron chi connectivity index (χ2n) is 5.11. The number of hydrogen-bond acceptors (Lipinski definition) is 2. The quantitative estimate of drug-likeness (QED) is 0.909. The molecule has 0 bridgehead atoms. The van der Waals surface area contributed by atoms with Gasteiger partial charge in [0, 0.05) is 16.3 Å². The van der Waals surface area contributed by atoms with Crippen LogP contribution in [0.15, 0.2) is 42.5 Å². The Balaban J connectivity index is 1.90. The van der Waals surface area contributed by atoms with E-state index in [1.807, 2.05) is 19.9 Å². The largest absolute Gasteiger partial charge is 0.343 e. The summed E-state index contributed by atoms with van der Waals surface area (Å²) >= 11 is 5.77. The van der Waals surface area contributed by atoms with Gasteiger partial charge in [-0.3, -0.25) is 9.59 Å². The maximum atomic E-state index is 12.0. The molecule has 0 spiro atoms. The van der Waals surface area contributed by atoms with Gasteiger partial charge < -0.3 is 10.6 Å². The molecule has 0 aliphatic rings. The van der Waals surface area contributed by atoms with Crippen molar-refractivity contribution in [3.05, 3.63) is 64.2 Å². The summed E-state index contributed by atoms with van der Waals surface area (Å²) in [5.41, 5.74) is 3.21. The molecule has 2 amide bonds. The van der Waals surface area contributed by atoms with E-state index in [2.05, 4.69) is 10.6 Å². The van der Waals surface area contributed by atoms with E-state index in [9.17, 15) is 9.59 Å². The van der Waals surface area contributed by atoms with Crippen molar-refractivity contribution in [2.75, 3.05) is 11.9 Å². The van der Waals surface area contributed by atoms with Crippen LogP contribution in [0.5, 0.6) is 0 Å². The van der Waals surface area contributed by atoms with Crippen LogP contribution in [0.1, 0.15) is 21.5 Å². The van der Waals surface area contributed by atoms with Crippen molar-refractivity contribution in [3.63, 3.8) is 0 Å². The summed E-state index contributed by atoms with van der Waals surface area (Å²) < 4.78 is 0. The number of carbonyl (C=O) groups is 2. The molecule has 2 rings (SSSR count). The van der Waals surface area contributed by atoms with Crippen molar-refractivity contribution in [3.8, 4) is 0 Å². The average molecular weight is 317 g/mol. The van der Waals surface area contributed by atoms with E-state index in [1.54, 1.807) is 36.4 Å². The summed E-state index contributed by atoms with van der Waals surface area (Å²) in [7, 11) is 0. The Kier molecular flexibility index (Phi) is 5.17. The number of halogens is 1. The molecule has 0 aliphatic carbocycles. The Morgan fingerprint density at radius 3 is 2.18 bits per heavy atom. The topological polar surface area (TPSA) is 58.2 Å². The summed E-state index contributed by atoms with van der Waals surface area (Å²) in [5, 5.41) is 5.89. The van der Waals surface area contributed by atoms with Gasteiger partial charge in [-0.25, -0.2) is 0 Å². The lowest BCUT2D eigenvalue weighted by Gasteiger charge is -2.08. The molecule has 0 fully saturated rings. The third kappa shape index (κ3) is 4.60. The van der Waals surface area contributed by atoms with E-state index in [-0.39, 0.29) is 18.4 Å². The minimum absolute atomic E-state index is 0.0888. The van der Waals surface area contributed by atoms with Gasteiger partial charge in [0.25, 0.3) is 5.91 Å². The zero-order valence-corrected chi connectivity index (χ0v) is 13.2. The van der Waals surface area contributed by atoms with Crippen LogP contribution in [0.2, 0.25) is 5.02 Å². The van der Waals surface area contributed by atoms with Crippen LogP contribution in [-0.4, -0.2) is 18.4 Å². The van der Waals surface area contributed by atoms with Gasteiger partial charge in [0.1, 0.15) is 0 Å². The van der Waals surface area contributed by atoms with Crippen molar-refractivity contribution in [1.29, 1.82) is 0 Å². The Hall–Kier alpha value is -2.33. The van der Waals surface area contributed by atoms with Gasteiger partial charge in [0.2, 0.25) is 5.91 Å². The number of benzene rings is 2. The van der Waals surface area contributed by atoms with E-state index in [0.29, 0.717) is 16.3 Å². The Morgan fingerprint density at radius 2 is 1.59 bits per heavy atom. The molecule has 0 aliphatic heterocycles. The first kappa shape index (κ1) is 16.0. The number of amides is 2. The number of hydrogen-bond donors (Lipinski definition) is 2. The highest BCUT2D eigenvalue weighted by molar-refractivity contribution is 6.30. The second-order valence-corrected chi connectivity index (χ2v) is 5.55. The summed E-state index contributed by atoms with van der Waals surface area (Å²) in [6.07, 6.45) is 0. The molecule has 0 saturated heterocycles. The number of carbonyl (C=O) groups excluding carboxylic acids is 2. The maximum absolute atomic E-state index is 12.0. The predicted molar refractivity (Wildman–Crippen MR) is 88.3 cm³/mol. The smallest absolute Gasteiger partial charge is 0.251 e. The standard InChI is InChI=1S/C17H17ClN2O2/c1-11-7-12(2)9-13(8-11)17(22)19-10-16(21)20-15-5-3-14(18)4-6-15/h3-9H,10H2,1-2H3,(H,19,22)(H,20,21). The van der Waals surface area contributed by atoms with Gasteiger partial charge in [-0.15, -0.1) is 0 Å². The molecule has 0 atom stereocenters. The third-order valence-electron chi connectivity index (χ3n) is 3.02. The molecular weight excluding hydrogens is 300 g/mol. The lowest BCUT2D eigenvalue weighted by Crippen LogP contribution is -2.32. The van der Waals surface area contributed by atoms with E-state index < -0.39 is 0 Å². The molecule has 22 heavy (non-hydrogen) atoms. The van der Waals surface area contributed by atoms with Crippen LogP contribution in [-0.2, 0) is 4.79 Å². The summed E-state index contributed by atoms with van der Waals surface area (Å²) in [6.45, 7) is 3.77. The molecule has 0 unspecified atom stereocenters. The Labute approximate surface area is 134 Å². The zero-order chi connectivity index (χ0) is 16.1. The van der Waals surface area contributed by atoms with Crippen molar-refractivity contribution < 1.29 is 9.59 Å². The highest BCUT2D eigenvalue weighted by Crippen LogP contribution is 2.13. The van der Waals surface area contributed by atoms with Gasteiger partial charge >= 0.3 is 0 Å². The number of anilines is 1. The van der Waals surface area contributed by atoms with E-state index in [4.69, 9.17) is 11.6 Å². The average Bonchev–Trinajstić information content (AvgIpc) is 2.46. The minimum Gasteiger partial charge on any atom is -0.343 e. The third-order valence-corrected chi connectivity index (χ3v) is 3.27. The van der Waals surface area contributed by atoms with Crippen molar-refractivity contribution >= 4 is 29.1 Å². The first-order chi connectivity index (χ1) is 10.4. The lowest BCUT2D eigenvalue weighted by atomic mass is 10.1. The highest BCUT2D eigenvalue weighted by Gasteiger charge is 2.09. The van der Waals surface area contributed by atoms with Crippen molar-refractivity contribution in [1.82, 2.24) is 5.32 Å². The summed E-state index contributed by atoms with van der Waals surface area (Å²) in [4.78, 5) is 23.9. The fourth-order valence-corrected chi connectivity index (χ4v) is 2.23. The fourth-order valence-electron chi connectivity index (χ4n) is 2.11. The number of nitrogens with one attached hydrogen (secondary N) is 2. The molecule has 2 N–H and O–H groups in total. The number of aryl methyl sites for hydroxylation is 2. The summed E-state index contributed by atoms with van der Waals surface area (Å²) in [5.74, 6) is -0.557. The molecule has 114 valence electrons. The molecule has 2 aromatic rings. The van der Waals surface area contributed by atoms with Crippen LogP contribution in [0.25, 0.3) is 0 Å². The van der Waals surface area contributed by atoms with Gasteiger partial charge in [-0.05, 0) is 50.2 Å². The van der Waals surface area contributed by atoms with Gasteiger partial charge in [-0.1, -0.05) is 28.8 Å². The van der Waals surface area contributed by atoms with Crippen molar-refractivity contribution in [2.45, 2.75) is 13.8 Å². The molecule has 2 aromatic carbocycles. The van der Waals surface area contributed by atoms with E-state index in [1.165, 1.54) is 0 Å². The monoisotopic (exact) mass is 316 g/mol. The van der Waals surface area contributed by atoms with Crippen LogP contribution in [0.4, 0.5) is 5.69 Å². The predicted octanol–water partition coefficient (Wildman–Crippen LogP) is 3.33. The molecule has 0 heterocycles. The van der Waals surface area contributed by atoms with Gasteiger partial charge in [0.15, 0.2) is 0 Å². The first-order valence-corrected chi connectivity index (χ1v) is 7.24. The van der Waals surface area contributed by atoms with Gasteiger partial charge in [0.05, 0.1) is 6.54 Å². The Morgan fingerprint density at radius 1 is 1.00 bits per heavy atom. The maximum Gasteiger partial charge on any atom is 0.251 e. The molecular formula is C17H17ClN2O2. The summed E-state index contributed by atoms with van der Waals surface area (Å²) in [6, 6.07) is 12.3. The minimum atomic E-state index is -0.292. The van der Waals surface area contributed by atoms with Crippen LogP contribution in [0, 0.1) is 13.8 Å². The SMILES string of the molecule is Cc1cc(C)cc(C(=O)NCC(=O)Nc2ccc(Cl)cc2)c1. The zero-order valence-electron chi connectivity index (χ0n) is 12.4. The van der Waals surface area contributed by atoms with Crippen LogP contribution >= 0.6 is 11.6 Å². The first-order valence-electron chi connectivity index (χ1n) is 6.86. The van der Waals surface area contributed by atoms with E-state index in [0.717, 1.165) is 11.1 Å². The van der Waals surface area contributed by atoms with Gasteiger partial charge in [-0.2, -0.15) is 0 Å². The van der Waals surface area contributed by atoms with Crippen LogP contribution < -0.4 is 10.6 Å². The molecule has 5 heteroatoms. The Bertz CT molecular complexity index is 676. The fraction of sp³-hybridized carbons (Fsp3) is 0.176. The molecule has 0 radical (unpaired) electrons. The lowest BCUT2D eigenvalue weighted by molar-refractivity contribution is -0.115. The normalized spacial score (nSPS) is 10.1. The highest BCUT2D eigenvalue weighted by atomic mass is 35.5.